The number of cyclic esters (lactones) is 1. The van der Waals surface area contributed by atoms with Gasteiger partial charge in [-0.3, -0.25) is 9.69 Å². The van der Waals surface area contributed by atoms with Crippen molar-refractivity contribution in [3.05, 3.63) is 35.9 Å². The minimum atomic E-state index is -0.390. The molecule has 0 spiro atoms. The number of likely N-dealkylation sites (N-methyl/N-ethyl adjacent to an activating group) is 1. The zero-order chi connectivity index (χ0) is 15.2. The van der Waals surface area contributed by atoms with Crippen molar-refractivity contribution in [2.45, 2.75) is 19.3 Å². The van der Waals surface area contributed by atoms with Crippen molar-refractivity contribution in [2.75, 3.05) is 33.3 Å². The molecule has 1 aliphatic heterocycles. The minimum Gasteiger partial charge on any atom is -0.449 e. The number of carbonyl (C=O) groups excluding carboxylic acids is 2. The summed E-state index contributed by atoms with van der Waals surface area (Å²) in [4.78, 5) is 26.9. The quantitative estimate of drug-likeness (QED) is 0.834. The van der Waals surface area contributed by atoms with Crippen LogP contribution in [-0.4, -0.2) is 55.1 Å². The molecule has 1 aromatic carbocycles. The average Bonchev–Trinajstić information content (AvgIpc) is 2.50. The molecular formula is C16H22N2O3. The zero-order valence-corrected chi connectivity index (χ0v) is 12.6. The Balaban J connectivity index is 1.86. The first-order valence-corrected chi connectivity index (χ1v) is 7.28. The molecule has 0 radical (unpaired) electrons. The molecular weight excluding hydrogens is 268 g/mol. The van der Waals surface area contributed by atoms with Crippen LogP contribution in [0.1, 0.15) is 24.8 Å². The highest BCUT2D eigenvalue weighted by molar-refractivity contribution is 5.82. The van der Waals surface area contributed by atoms with Crippen molar-refractivity contribution in [1.29, 1.82) is 0 Å². The van der Waals surface area contributed by atoms with Gasteiger partial charge in [-0.05, 0) is 17.9 Å². The molecule has 1 fully saturated rings. The maximum atomic E-state index is 12.2. The Labute approximate surface area is 125 Å². The summed E-state index contributed by atoms with van der Waals surface area (Å²) in [6.07, 6.45) is 0.391. The molecule has 0 N–H and O–H groups in total. The Bertz CT molecular complexity index is 490. The number of carbonyl (C=O) groups is 2. The molecule has 2 rings (SSSR count). The Morgan fingerprint density at radius 1 is 1.38 bits per heavy atom. The Hall–Kier alpha value is -2.04. The van der Waals surface area contributed by atoms with Crippen LogP contribution in [0, 0.1) is 0 Å². The SMILES string of the molecule is C[C@@H](CN(C)C(=O)CN1CCCOC1=O)c1ccccc1. The Kier molecular flexibility index (Phi) is 5.20. The van der Waals surface area contributed by atoms with Gasteiger partial charge in [0.1, 0.15) is 6.54 Å². The van der Waals surface area contributed by atoms with Gasteiger partial charge < -0.3 is 9.64 Å². The van der Waals surface area contributed by atoms with Crippen molar-refractivity contribution in [2.24, 2.45) is 0 Å². The Morgan fingerprint density at radius 3 is 2.76 bits per heavy atom. The third-order valence-electron chi connectivity index (χ3n) is 3.72. The molecule has 5 nitrogen and oxygen atoms in total. The van der Waals surface area contributed by atoms with E-state index in [9.17, 15) is 9.59 Å². The Morgan fingerprint density at radius 2 is 2.10 bits per heavy atom. The monoisotopic (exact) mass is 290 g/mol. The fourth-order valence-corrected chi connectivity index (χ4v) is 2.42. The summed E-state index contributed by atoms with van der Waals surface area (Å²) in [6, 6.07) is 10.1. The highest BCUT2D eigenvalue weighted by Gasteiger charge is 2.24. The van der Waals surface area contributed by atoms with Crippen LogP contribution < -0.4 is 0 Å². The van der Waals surface area contributed by atoms with Crippen molar-refractivity contribution in [3.63, 3.8) is 0 Å². The van der Waals surface area contributed by atoms with Crippen molar-refractivity contribution >= 4 is 12.0 Å². The zero-order valence-electron chi connectivity index (χ0n) is 12.6. The van der Waals surface area contributed by atoms with Crippen molar-refractivity contribution in [3.8, 4) is 0 Å². The van der Waals surface area contributed by atoms with E-state index in [2.05, 4.69) is 19.1 Å². The van der Waals surface area contributed by atoms with Gasteiger partial charge in [0.25, 0.3) is 0 Å². The summed E-state index contributed by atoms with van der Waals surface area (Å²) >= 11 is 0. The molecule has 0 bridgehead atoms. The van der Waals surface area contributed by atoms with E-state index in [-0.39, 0.29) is 24.5 Å². The molecule has 1 heterocycles. The first-order chi connectivity index (χ1) is 10.1. The van der Waals surface area contributed by atoms with Crippen LogP contribution in [0.2, 0.25) is 0 Å². The molecule has 5 heteroatoms. The molecule has 1 aromatic rings. The van der Waals surface area contributed by atoms with Crippen molar-refractivity contribution < 1.29 is 14.3 Å². The smallest absolute Gasteiger partial charge is 0.410 e. The highest BCUT2D eigenvalue weighted by atomic mass is 16.6. The second-order valence-corrected chi connectivity index (χ2v) is 5.48. The lowest BCUT2D eigenvalue weighted by atomic mass is 10.0. The topological polar surface area (TPSA) is 49.9 Å². The molecule has 1 atom stereocenters. The van der Waals surface area contributed by atoms with Gasteiger partial charge in [-0.1, -0.05) is 37.3 Å². The van der Waals surface area contributed by atoms with Gasteiger partial charge in [0, 0.05) is 20.1 Å². The van der Waals surface area contributed by atoms with E-state index in [1.54, 1.807) is 11.9 Å². The average molecular weight is 290 g/mol. The number of hydrogen-bond acceptors (Lipinski definition) is 3. The maximum absolute atomic E-state index is 12.2. The van der Waals surface area contributed by atoms with Crippen LogP contribution in [-0.2, 0) is 9.53 Å². The first kappa shape index (κ1) is 15.4. The molecule has 0 saturated carbocycles. The third kappa shape index (κ3) is 4.21. The number of benzene rings is 1. The van der Waals surface area contributed by atoms with Crippen LogP contribution in [0.4, 0.5) is 4.79 Å². The second-order valence-electron chi connectivity index (χ2n) is 5.48. The molecule has 114 valence electrons. The molecule has 1 aliphatic rings. The van der Waals surface area contributed by atoms with Gasteiger partial charge in [-0.2, -0.15) is 0 Å². The lowest BCUT2D eigenvalue weighted by Gasteiger charge is -2.28. The molecule has 0 aliphatic carbocycles. The standard InChI is InChI=1S/C16H22N2O3/c1-13(14-7-4-3-5-8-14)11-17(2)15(19)12-18-9-6-10-21-16(18)20/h3-5,7-8,13H,6,9-12H2,1-2H3/t13-/m0/s1. The van der Waals surface area contributed by atoms with Gasteiger partial charge >= 0.3 is 6.09 Å². The second kappa shape index (κ2) is 7.11. The lowest BCUT2D eigenvalue weighted by molar-refractivity contribution is -0.131. The fourth-order valence-electron chi connectivity index (χ4n) is 2.42. The van der Waals surface area contributed by atoms with Gasteiger partial charge in [-0.25, -0.2) is 4.79 Å². The van der Waals surface area contributed by atoms with Crippen LogP contribution in [0.25, 0.3) is 0 Å². The highest BCUT2D eigenvalue weighted by Crippen LogP contribution is 2.15. The summed E-state index contributed by atoms with van der Waals surface area (Å²) < 4.78 is 4.94. The van der Waals surface area contributed by atoms with Crippen LogP contribution in [0.3, 0.4) is 0 Å². The van der Waals surface area contributed by atoms with Gasteiger partial charge in [-0.15, -0.1) is 0 Å². The number of amides is 2. The predicted octanol–water partition coefficient (Wildman–Crippen LogP) is 2.09. The summed E-state index contributed by atoms with van der Waals surface area (Å²) in [6.45, 7) is 3.86. The van der Waals surface area contributed by atoms with Gasteiger partial charge in [0.2, 0.25) is 5.91 Å². The molecule has 1 saturated heterocycles. The summed E-state index contributed by atoms with van der Waals surface area (Å²) in [5, 5.41) is 0. The summed E-state index contributed by atoms with van der Waals surface area (Å²) in [5.74, 6) is 0.199. The number of nitrogens with zero attached hydrogens (tertiary/aromatic N) is 2. The van der Waals surface area contributed by atoms with E-state index >= 15 is 0 Å². The van der Waals surface area contributed by atoms with Crippen molar-refractivity contribution in [1.82, 2.24) is 9.80 Å². The summed E-state index contributed by atoms with van der Waals surface area (Å²) in [5.41, 5.74) is 1.20. The lowest BCUT2D eigenvalue weighted by Crippen LogP contribution is -2.45. The van der Waals surface area contributed by atoms with Crippen LogP contribution in [0.15, 0.2) is 30.3 Å². The van der Waals surface area contributed by atoms with Gasteiger partial charge in [0.15, 0.2) is 0 Å². The van der Waals surface area contributed by atoms with E-state index in [0.29, 0.717) is 19.7 Å². The molecule has 21 heavy (non-hydrogen) atoms. The minimum absolute atomic E-state index is 0.0587. The summed E-state index contributed by atoms with van der Waals surface area (Å²) in [7, 11) is 1.77. The molecule has 0 aromatic heterocycles. The number of hydrogen-bond donors (Lipinski definition) is 0. The molecule has 2 amide bonds. The van der Waals surface area contributed by atoms with E-state index in [1.807, 2.05) is 18.2 Å². The number of rotatable bonds is 5. The third-order valence-corrected chi connectivity index (χ3v) is 3.72. The van der Waals surface area contributed by atoms with Gasteiger partial charge in [0.05, 0.1) is 6.61 Å². The van der Waals surface area contributed by atoms with E-state index in [1.165, 1.54) is 10.5 Å². The van der Waals surface area contributed by atoms with E-state index < -0.39 is 0 Å². The number of ether oxygens (including phenoxy) is 1. The normalized spacial score (nSPS) is 16.3. The van der Waals surface area contributed by atoms with E-state index in [4.69, 9.17) is 4.74 Å². The van der Waals surface area contributed by atoms with Crippen LogP contribution in [0.5, 0.6) is 0 Å². The largest absolute Gasteiger partial charge is 0.449 e. The van der Waals surface area contributed by atoms with E-state index in [0.717, 1.165) is 6.42 Å². The fraction of sp³-hybridized carbons (Fsp3) is 0.500. The maximum Gasteiger partial charge on any atom is 0.410 e. The van der Waals surface area contributed by atoms with Crippen LogP contribution >= 0.6 is 0 Å². The predicted molar refractivity (Wildman–Crippen MR) is 80.0 cm³/mol. The molecule has 0 unspecified atom stereocenters. The first-order valence-electron chi connectivity index (χ1n) is 7.28.